The van der Waals surface area contributed by atoms with Crippen LogP contribution in [0.1, 0.15) is 41.6 Å². The number of carbonyl (C=O) groups excluding carboxylic acids is 1. The van der Waals surface area contributed by atoms with Gasteiger partial charge in [-0.05, 0) is 55.7 Å². The lowest BCUT2D eigenvalue weighted by Gasteiger charge is -2.19. The minimum atomic E-state index is -0.963. The Hall–Kier alpha value is -4.22. The number of carbonyl (C=O) groups is 1. The molecule has 2 aromatic carbocycles. The summed E-state index contributed by atoms with van der Waals surface area (Å²) in [5.41, 5.74) is 0.563. The first-order chi connectivity index (χ1) is 19.3. The predicted octanol–water partition coefficient (Wildman–Crippen LogP) is 3.47. The number of aliphatic hydroxyl groups excluding tert-OH is 2. The molecule has 9 nitrogen and oxygen atoms in total. The van der Waals surface area contributed by atoms with Crippen LogP contribution in [-0.2, 0) is 0 Å². The Bertz CT molecular complexity index is 1610. The van der Waals surface area contributed by atoms with E-state index in [4.69, 9.17) is 0 Å². The lowest BCUT2D eigenvalue weighted by Crippen LogP contribution is -2.32. The Morgan fingerprint density at radius 1 is 1.05 bits per heavy atom. The van der Waals surface area contributed by atoms with E-state index in [2.05, 4.69) is 20.6 Å². The Morgan fingerprint density at radius 3 is 2.42 bits per heavy atom. The Morgan fingerprint density at radius 2 is 1.75 bits per heavy atom. The number of nitrogens with zero attached hydrogens (tertiary/aromatic N) is 3. The molecule has 0 saturated heterocycles. The maximum absolute atomic E-state index is 14.9. The van der Waals surface area contributed by atoms with Gasteiger partial charge in [-0.1, -0.05) is 25.0 Å². The fraction of sp³-hybridized carbons (Fsp3) is 0.310. The zero-order valence-corrected chi connectivity index (χ0v) is 21.8. The van der Waals surface area contributed by atoms with Crippen molar-refractivity contribution in [3.05, 3.63) is 81.6 Å². The van der Waals surface area contributed by atoms with E-state index >= 15 is 0 Å². The highest BCUT2D eigenvalue weighted by Crippen LogP contribution is 2.32. The number of benzene rings is 2. The fourth-order valence-corrected chi connectivity index (χ4v) is 4.99. The summed E-state index contributed by atoms with van der Waals surface area (Å²) in [6.45, 7) is 0.922. The third-order valence-electron chi connectivity index (χ3n) is 7.13. The molecule has 0 atom stereocenters. The highest BCUT2D eigenvalue weighted by molar-refractivity contribution is 5.98. The number of aliphatic hydroxyl groups is 2. The van der Waals surface area contributed by atoms with Gasteiger partial charge < -0.3 is 20.8 Å². The number of hydrogen-bond acceptors (Lipinski definition) is 7. The molecule has 1 saturated carbocycles. The maximum atomic E-state index is 14.9. The van der Waals surface area contributed by atoms with Crippen LogP contribution in [0.15, 0.2) is 53.3 Å². The van der Waals surface area contributed by atoms with E-state index < -0.39 is 42.1 Å². The van der Waals surface area contributed by atoms with E-state index in [1.807, 2.05) is 6.92 Å². The van der Waals surface area contributed by atoms with E-state index in [0.29, 0.717) is 22.2 Å². The molecule has 0 radical (unpaired) electrons. The number of aromatic nitrogens is 3. The summed E-state index contributed by atoms with van der Waals surface area (Å²) in [6, 6.07) is 10.3. The quantitative estimate of drug-likeness (QED) is 0.265. The zero-order valence-electron chi connectivity index (χ0n) is 21.8. The van der Waals surface area contributed by atoms with Crippen molar-refractivity contribution in [3.8, 4) is 16.9 Å². The lowest BCUT2D eigenvalue weighted by molar-refractivity contribution is 0.0938. The fourth-order valence-electron chi connectivity index (χ4n) is 4.99. The summed E-state index contributed by atoms with van der Waals surface area (Å²) in [6.07, 6.45) is 3.99. The van der Waals surface area contributed by atoms with Gasteiger partial charge in [0.2, 0.25) is 5.95 Å². The topological polar surface area (TPSA) is 129 Å². The largest absolute Gasteiger partial charge is 0.394 e. The van der Waals surface area contributed by atoms with Gasteiger partial charge in [-0.15, -0.1) is 0 Å². The number of rotatable bonds is 8. The summed E-state index contributed by atoms with van der Waals surface area (Å²) in [7, 11) is 0. The average Bonchev–Trinajstić information content (AvgIpc) is 3.45. The first kappa shape index (κ1) is 27.4. The number of fused-ring (bicyclic) bond motifs is 1. The van der Waals surface area contributed by atoms with Gasteiger partial charge in [-0.25, -0.2) is 13.8 Å². The smallest absolute Gasteiger partial charge is 0.256 e. The molecular formula is C29H29F2N5O4. The van der Waals surface area contributed by atoms with Crippen molar-refractivity contribution in [2.24, 2.45) is 0 Å². The SMILES string of the molecule is Cc1ccc(C(=O)NC2CCCC2)cc1-c1nc(NC(CO)CO)nc2c1ccc(=O)n2-c1c(F)cccc1F. The van der Waals surface area contributed by atoms with Gasteiger partial charge in [0.15, 0.2) is 5.65 Å². The first-order valence-electron chi connectivity index (χ1n) is 13.1. The van der Waals surface area contributed by atoms with Gasteiger partial charge in [0.1, 0.15) is 17.3 Å². The van der Waals surface area contributed by atoms with Crippen LogP contribution >= 0.6 is 0 Å². The second kappa shape index (κ2) is 11.5. The Balaban J connectivity index is 1.74. The molecule has 0 unspecified atom stereocenters. The maximum Gasteiger partial charge on any atom is 0.256 e. The Kier molecular flexibility index (Phi) is 7.85. The first-order valence-corrected chi connectivity index (χ1v) is 13.1. The molecule has 0 bridgehead atoms. The summed E-state index contributed by atoms with van der Waals surface area (Å²) >= 11 is 0. The molecule has 1 amide bonds. The molecule has 2 heterocycles. The predicted molar refractivity (Wildman–Crippen MR) is 147 cm³/mol. The standard InChI is InChI=1S/C29H29F2N5O4/c1-16-9-10-17(28(40)32-18-5-2-3-6-18)13-21(16)25-20-11-12-24(39)36(26-22(30)7-4-8-23(26)31)27(20)35-29(34-25)33-19(14-37)15-38/h4,7-13,18-19,37-38H,2-3,5-6,14-15H2,1H3,(H,32,40)(H,33,34,35). The van der Waals surface area contributed by atoms with E-state index in [0.717, 1.165) is 47.9 Å². The van der Waals surface area contributed by atoms with Crippen LogP contribution < -0.4 is 16.2 Å². The van der Waals surface area contributed by atoms with Crippen molar-refractivity contribution >= 4 is 22.9 Å². The highest BCUT2D eigenvalue weighted by Gasteiger charge is 2.23. The molecule has 208 valence electrons. The zero-order chi connectivity index (χ0) is 28.4. The van der Waals surface area contributed by atoms with Crippen molar-refractivity contribution in [1.82, 2.24) is 19.9 Å². The van der Waals surface area contributed by atoms with Crippen LogP contribution in [0.3, 0.4) is 0 Å². The summed E-state index contributed by atoms with van der Waals surface area (Å²) in [5, 5.41) is 25.4. The van der Waals surface area contributed by atoms with E-state index in [9.17, 15) is 28.6 Å². The number of nitrogens with one attached hydrogen (secondary N) is 2. The Labute approximate surface area is 228 Å². The summed E-state index contributed by atoms with van der Waals surface area (Å²) in [5.74, 6) is -2.24. The molecule has 4 N–H and O–H groups in total. The number of anilines is 1. The molecule has 40 heavy (non-hydrogen) atoms. The molecule has 5 rings (SSSR count). The number of para-hydroxylation sites is 1. The van der Waals surface area contributed by atoms with Crippen LogP contribution in [-0.4, -0.2) is 56.0 Å². The van der Waals surface area contributed by atoms with Crippen LogP contribution in [0.4, 0.5) is 14.7 Å². The van der Waals surface area contributed by atoms with Crippen molar-refractivity contribution in [3.63, 3.8) is 0 Å². The monoisotopic (exact) mass is 549 g/mol. The third kappa shape index (κ3) is 5.30. The molecule has 0 aliphatic heterocycles. The van der Waals surface area contributed by atoms with Crippen LogP contribution in [0, 0.1) is 18.6 Å². The number of halogens is 2. The molecule has 1 aliphatic carbocycles. The number of amides is 1. The second-order valence-electron chi connectivity index (χ2n) is 9.90. The van der Waals surface area contributed by atoms with Gasteiger partial charge in [0.05, 0.1) is 24.9 Å². The second-order valence-corrected chi connectivity index (χ2v) is 9.90. The molecule has 11 heteroatoms. The molecule has 4 aromatic rings. The molecule has 1 aliphatic rings. The van der Waals surface area contributed by atoms with Crippen LogP contribution in [0.5, 0.6) is 0 Å². The average molecular weight is 550 g/mol. The van der Waals surface area contributed by atoms with Gasteiger partial charge in [0.25, 0.3) is 11.5 Å². The van der Waals surface area contributed by atoms with Crippen molar-refractivity contribution < 1.29 is 23.8 Å². The minimum Gasteiger partial charge on any atom is -0.394 e. The number of pyridine rings is 1. The molecular weight excluding hydrogens is 520 g/mol. The molecule has 2 aromatic heterocycles. The van der Waals surface area contributed by atoms with Gasteiger partial charge in [0, 0.05) is 28.6 Å². The van der Waals surface area contributed by atoms with Crippen molar-refractivity contribution in [2.75, 3.05) is 18.5 Å². The summed E-state index contributed by atoms with van der Waals surface area (Å²) < 4.78 is 30.6. The van der Waals surface area contributed by atoms with E-state index in [1.54, 1.807) is 18.2 Å². The molecule has 0 spiro atoms. The van der Waals surface area contributed by atoms with E-state index in [1.165, 1.54) is 18.2 Å². The third-order valence-corrected chi connectivity index (χ3v) is 7.13. The van der Waals surface area contributed by atoms with Gasteiger partial charge in [-0.2, -0.15) is 4.98 Å². The number of aryl methyl sites for hydroxylation is 1. The van der Waals surface area contributed by atoms with Crippen LogP contribution in [0.25, 0.3) is 28.0 Å². The minimum absolute atomic E-state index is 0.0908. The van der Waals surface area contributed by atoms with Crippen molar-refractivity contribution in [1.29, 1.82) is 0 Å². The number of hydrogen-bond donors (Lipinski definition) is 4. The van der Waals surface area contributed by atoms with Crippen LogP contribution in [0.2, 0.25) is 0 Å². The van der Waals surface area contributed by atoms with Gasteiger partial charge in [-0.3, -0.25) is 14.2 Å². The van der Waals surface area contributed by atoms with Gasteiger partial charge >= 0.3 is 0 Å². The normalized spacial score (nSPS) is 13.8. The molecule has 1 fully saturated rings. The van der Waals surface area contributed by atoms with E-state index in [-0.39, 0.29) is 23.5 Å². The lowest BCUT2D eigenvalue weighted by atomic mass is 9.99. The van der Waals surface area contributed by atoms with Crippen molar-refractivity contribution in [2.45, 2.75) is 44.7 Å². The summed E-state index contributed by atoms with van der Waals surface area (Å²) in [4.78, 5) is 35.1. The highest BCUT2D eigenvalue weighted by atomic mass is 19.1.